The van der Waals surface area contributed by atoms with E-state index in [-0.39, 0.29) is 30.7 Å². The first-order valence-electron chi connectivity index (χ1n) is 6.42. The largest absolute Gasteiger partial charge is 2.00 e. The van der Waals surface area contributed by atoms with E-state index in [1.165, 1.54) is 12.3 Å². The predicted molar refractivity (Wildman–Crippen MR) is 78.5 cm³/mol. The molecule has 0 saturated carbocycles. The second-order valence-corrected chi connectivity index (χ2v) is 4.19. The van der Waals surface area contributed by atoms with E-state index in [1.807, 2.05) is 0 Å². The fourth-order valence-electron chi connectivity index (χ4n) is 1.59. The maximum atomic E-state index is 13.2. The molecule has 0 saturated heterocycles. The van der Waals surface area contributed by atoms with Crippen LogP contribution in [0.15, 0.2) is 54.9 Å². The first-order chi connectivity index (χ1) is 11.1. The van der Waals surface area contributed by atoms with Gasteiger partial charge in [0.25, 0.3) is 0 Å². The number of rotatable bonds is 2. The van der Waals surface area contributed by atoms with Gasteiger partial charge in [-0.15, -0.1) is 24.3 Å². The molecule has 2 aromatic heterocycles. The van der Waals surface area contributed by atoms with Gasteiger partial charge in [-0.05, 0) is 18.0 Å². The van der Waals surface area contributed by atoms with Gasteiger partial charge in [-0.25, -0.2) is 0 Å². The third-order valence-corrected chi connectivity index (χ3v) is 2.59. The summed E-state index contributed by atoms with van der Waals surface area (Å²) in [4.78, 5) is 17.6. The van der Waals surface area contributed by atoms with Crippen LogP contribution in [0, 0.1) is 23.8 Å². The second kappa shape index (κ2) is 9.58. The molecule has 7 heteroatoms. The van der Waals surface area contributed by atoms with Crippen molar-refractivity contribution in [3.63, 3.8) is 0 Å². The molecule has 0 amide bonds. The zero-order valence-corrected chi connectivity index (χ0v) is 13.8. The standard InChI is InChI=1S/C11H6F2N.C6H4NO2.Ru/c12-8-4-5-9(10(13)7-8)11-3-1-2-6-14-11;8-6(9)5-3-1-2-4-7-5;/h1-4,6-7H;1-2,4H,(H,8,9);/q2*-1;+2. The first-order valence-corrected chi connectivity index (χ1v) is 6.42. The van der Waals surface area contributed by atoms with Gasteiger partial charge in [0.1, 0.15) is 0 Å². The summed E-state index contributed by atoms with van der Waals surface area (Å²) >= 11 is 0. The Morgan fingerprint density at radius 2 is 1.83 bits per heavy atom. The zero-order chi connectivity index (χ0) is 16.7. The second-order valence-electron chi connectivity index (χ2n) is 4.19. The van der Waals surface area contributed by atoms with Crippen molar-refractivity contribution in [3.05, 3.63) is 84.3 Å². The maximum Gasteiger partial charge on any atom is 2.00 e. The van der Waals surface area contributed by atoms with Gasteiger partial charge in [0, 0.05) is 23.5 Å². The van der Waals surface area contributed by atoms with Crippen LogP contribution in [0.4, 0.5) is 8.78 Å². The van der Waals surface area contributed by atoms with E-state index in [9.17, 15) is 13.6 Å². The summed E-state index contributed by atoms with van der Waals surface area (Å²) in [6.07, 6.45) is 2.96. The molecule has 0 aliphatic heterocycles. The third-order valence-electron chi connectivity index (χ3n) is 2.59. The topological polar surface area (TPSA) is 63.1 Å². The molecule has 1 aromatic carbocycles. The summed E-state index contributed by atoms with van der Waals surface area (Å²) < 4.78 is 25.8. The van der Waals surface area contributed by atoms with Crippen LogP contribution in [0.2, 0.25) is 0 Å². The van der Waals surface area contributed by atoms with Gasteiger partial charge in [-0.3, -0.25) is 13.8 Å². The molecule has 0 bridgehead atoms. The summed E-state index contributed by atoms with van der Waals surface area (Å²) in [5, 5.41) is 8.29. The van der Waals surface area contributed by atoms with Crippen molar-refractivity contribution in [2.24, 2.45) is 0 Å². The van der Waals surface area contributed by atoms with Crippen LogP contribution in [-0.4, -0.2) is 21.0 Å². The Morgan fingerprint density at radius 1 is 1.08 bits per heavy atom. The van der Waals surface area contributed by atoms with Crippen LogP contribution in [-0.2, 0) is 19.5 Å². The van der Waals surface area contributed by atoms with Crippen LogP contribution in [0.1, 0.15) is 10.5 Å². The minimum atomic E-state index is -1.05. The molecular formula is C17H10F2N2O2Ru. The molecule has 1 N–H and O–H groups in total. The Morgan fingerprint density at radius 3 is 2.33 bits per heavy atom. The van der Waals surface area contributed by atoms with Gasteiger partial charge in [0.05, 0.1) is 0 Å². The minimum Gasteiger partial charge on any atom is -0.533 e. The molecule has 4 nitrogen and oxygen atoms in total. The van der Waals surface area contributed by atoms with Gasteiger partial charge >= 0.3 is 19.5 Å². The normalized spacial score (nSPS) is 9.25. The number of carboxylic acid groups (broad SMARTS) is 1. The van der Waals surface area contributed by atoms with Crippen molar-refractivity contribution in [1.29, 1.82) is 0 Å². The number of aromatic carboxylic acids is 1. The molecule has 0 fully saturated rings. The molecule has 0 unspecified atom stereocenters. The van der Waals surface area contributed by atoms with Gasteiger partial charge in [0.2, 0.25) is 5.97 Å². The summed E-state index contributed by atoms with van der Waals surface area (Å²) in [6.45, 7) is 0. The molecular weight excluding hydrogens is 403 g/mol. The van der Waals surface area contributed by atoms with Crippen molar-refractivity contribution < 1.29 is 38.2 Å². The molecule has 3 rings (SSSR count). The predicted octanol–water partition coefficient (Wildman–Crippen LogP) is 3.40. The van der Waals surface area contributed by atoms with Crippen LogP contribution in [0.25, 0.3) is 11.3 Å². The van der Waals surface area contributed by atoms with Gasteiger partial charge in [-0.1, -0.05) is 23.8 Å². The van der Waals surface area contributed by atoms with Crippen LogP contribution in [0.5, 0.6) is 0 Å². The number of hydrogen-bond donors (Lipinski definition) is 1. The quantitative estimate of drug-likeness (QED) is 0.517. The Balaban J connectivity index is 0.000000252. The molecule has 122 valence electrons. The summed E-state index contributed by atoms with van der Waals surface area (Å²) in [6, 6.07) is 15.1. The SMILES string of the molecule is Fc1c[c-]c(-c2ccccn2)c(F)c1.O=C(O)c1[c-]cccn1.[Ru+2]. The monoisotopic (exact) mass is 414 g/mol. The van der Waals surface area contributed by atoms with E-state index >= 15 is 0 Å². The average molecular weight is 413 g/mol. The Hall–Kier alpha value is -2.53. The Bertz CT molecular complexity index is 787. The van der Waals surface area contributed by atoms with E-state index < -0.39 is 17.6 Å². The van der Waals surface area contributed by atoms with E-state index in [2.05, 4.69) is 22.1 Å². The average Bonchev–Trinajstić information content (AvgIpc) is 2.57. The fraction of sp³-hybridized carbons (Fsp3) is 0. The van der Waals surface area contributed by atoms with E-state index in [0.717, 1.165) is 12.1 Å². The number of hydrogen-bond acceptors (Lipinski definition) is 3. The fourth-order valence-corrected chi connectivity index (χ4v) is 1.59. The van der Waals surface area contributed by atoms with Crippen molar-refractivity contribution in [3.8, 4) is 11.3 Å². The van der Waals surface area contributed by atoms with Crippen LogP contribution in [0.3, 0.4) is 0 Å². The number of carboxylic acids is 1. The Labute approximate surface area is 150 Å². The number of carbonyl (C=O) groups is 1. The van der Waals surface area contributed by atoms with E-state index in [4.69, 9.17) is 5.11 Å². The molecule has 0 radical (unpaired) electrons. The number of nitrogens with zero attached hydrogens (tertiary/aromatic N) is 2. The molecule has 2 heterocycles. The van der Waals surface area contributed by atoms with Crippen LogP contribution < -0.4 is 0 Å². The molecule has 0 aliphatic rings. The number of pyridine rings is 2. The smallest absolute Gasteiger partial charge is 0.533 e. The van der Waals surface area contributed by atoms with Crippen molar-refractivity contribution in [2.45, 2.75) is 0 Å². The molecule has 0 atom stereocenters. The van der Waals surface area contributed by atoms with Gasteiger partial charge in [0.15, 0.2) is 0 Å². The molecule has 24 heavy (non-hydrogen) atoms. The summed E-state index contributed by atoms with van der Waals surface area (Å²) in [5.74, 6) is -2.33. The Kier molecular flexibility index (Phi) is 7.79. The third kappa shape index (κ3) is 5.59. The van der Waals surface area contributed by atoms with Gasteiger partial charge < -0.3 is 14.9 Å². The molecule has 3 aromatic rings. The van der Waals surface area contributed by atoms with Crippen molar-refractivity contribution >= 4 is 5.97 Å². The van der Waals surface area contributed by atoms with E-state index in [0.29, 0.717) is 5.69 Å². The van der Waals surface area contributed by atoms with E-state index in [1.54, 1.807) is 30.5 Å². The van der Waals surface area contributed by atoms with Gasteiger partial charge in [-0.2, -0.15) is 6.07 Å². The first kappa shape index (κ1) is 19.5. The summed E-state index contributed by atoms with van der Waals surface area (Å²) in [7, 11) is 0. The molecule has 0 aliphatic carbocycles. The van der Waals surface area contributed by atoms with Crippen molar-refractivity contribution in [2.75, 3.05) is 0 Å². The summed E-state index contributed by atoms with van der Waals surface area (Å²) in [5.41, 5.74) is 0.592. The zero-order valence-electron chi connectivity index (χ0n) is 12.1. The van der Waals surface area contributed by atoms with Crippen molar-refractivity contribution in [1.82, 2.24) is 9.97 Å². The number of aromatic nitrogens is 2. The molecule has 0 spiro atoms. The number of halogens is 2. The maximum absolute atomic E-state index is 13.2. The number of benzene rings is 1. The minimum absolute atomic E-state index is 0. The van der Waals surface area contributed by atoms with Crippen LogP contribution >= 0.6 is 0 Å².